The third-order valence-electron chi connectivity index (χ3n) is 2.49. The maximum absolute atomic E-state index is 7.93. The molecule has 1 saturated carbocycles. The van der Waals surface area contributed by atoms with Crippen molar-refractivity contribution in [2.24, 2.45) is 0 Å². The van der Waals surface area contributed by atoms with E-state index in [-0.39, 0.29) is 0 Å². The van der Waals surface area contributed by atoms with E-state index >= 15 is 0 Å². The van der Waals surface area contributed by atoms with Gasteiger partial charge in [-0.15, -0.1) is 0 Å². The predicted molar refractivity (Wildman–Crippen MR) is 54.1 cm³/mol. The monoisotopic (exact) mass is 174 g/mol. The molecule has 2 rings (SSSR count). The van der Waals surface area contributed by atoms with Gasteiger partial charge in [-0.05, 0) is 12.8 Å². The molecule has 13 heavy (non-hydrogen) atoms. The molecule has 1 aromatic carbocycles. The first-order chi connectivity index (χ1) is 6.29. The second-order valence-corrected chi connectivity index (χ2v) is 3.56. The smallest absolute Gasteiger partial charge is 0.128 e. The van der Waals surface area contributed by atoms with Crippen LogP contribution >= 0.6 is 0 Å². The molecule has 1 aliphatic rings. The van der Waals surface area contributed by atoms with Gasteiger partial charge in [-0.1, -0.05) is 30.3 Å². The number of amidine groups is 1. The maximum Gasteiger partial charge on any atom is 0.128 e. The number of nitrogens with zero attached hydrogens (tertiary/aromatic N) is 1. The van der Waals surface area contributed by atoms with Crippen molar-refractivity contribution in [3.05, 3.63) is 35.9 Å². The first-order valence-electron chi connectivity index (χ1n) is 4.66. The van der Waals surface area contributed by atoms with Crippen LogP contribution in [-0.2, 0) is 0 Å². The minimum atomic E-state index is 0.618. The van der Waals surface area contributed by atoms with Gasteiger partial charge >= 0.3 is 0 Å². The van der Waals surface area contributed by atoms with E-state index in [4.69, 9.17) is 5.41 Å². The summed E-state index contributed by atoms with van der Waals surface area (Å²) in [7, 11) is 2.01. The number of nitrogens with one attached hydrogen (secondary N) is 1. The van der Waals surface area contributed by atoms with Crippen LogP contribution in [0.15, 0.2) is 30.3 Å². The third-order valence-corrected chi connectivity index (χ3v) is 2.49. The first kappa shape index (κ1) is 8.30. The van der Waals surface area contributed by atoms with Crippen molar-refractivity contribution in [2.45, 2.75) is 18.9 Å². The van der Waals surface area contributed by atoms with E-state index in [2.05, 4.69) is 4.90 Å². The lowest BCUT2D eigenvalue weighted by Gasteiger charge is -2.19. The molecule has 0 saturated heterocycles. The van der Waals surface area contributed by atoms with Crippen LogP contribution in [-0.4, -0.2) is 23.8 Å². The fourth-order valence-electron chi connectivity index (χ4n) is 1.44. The minimum absolute atomic E-state index is 0.618. The van der Waals surface area contributed by atoms with E-state index in [1.165, 1.54) is 12.8 Å². The zero-order chi connectivity index (χ0) is 9.26. The Balaban J connectivity index is 2.12. The Morgan fingerprint density at radius 1 is 1.31 bits per heavy atom. The predicted octanol–water partition coefficient (Wildman–Crippen LogP) is 2.11. The fraction of sp³-hybridized carbons (Fsp3) is 0.364. The second kappa shape index (κ2) is 3.21. The van der Waals surface area contributed by atoms with E-state index in [0.29, 0.717) is 11.9 Å². The lowest BCUT2D eigenvalue weighted by atomic mass is 10.2. The van der Waals surface area contributed by atoms with Crippen LogP contribution in [0.2, 0.25) is 0 Å². The molecule has 0 aromatic heterocycles. The molecule has 1 N–H and O–H groups in total. The van der Waals surface area contributed by atoms with Crippen LogP contribution in [0.25, 0.3) is 0 Å². The van der Waals surface area contributed by atoms with Gasteiger partial charge in [0.05, 0.1) is 0 Å². The van der Waals surface area contributed by atoms with Crippen molar-refractivity contribution in [3.8, 4) is 0 Å². The highest BCUT2D eigenvalue weighted by Crippen LogP contribution is 2.26. The number of hydrogen-bond acceptors (Lipinski definition) is 1. The van der Waals surface area contributed by atoms with Gasteiger partial charge in [-0.25, -0.2) is 0 Å². The SMILES string of the molecule is CN(C(=N)c1ccccc1)C1CC1. The summed E-state index contributed by atoms with van der Waals surface area (Å²) in [6.07, 6.45) is 2.48. The summed E-state index contributed by atoms with van der Waals surface area (Å²) in [4.78, 5) is 2.06. The van der Waals surface area contributed by atoms with Crippen molar-refractivity contribution in [3.63, 3.8) is 0 Å². The topological polar surface area (TPSA) is 27.1 Å². The lowest BCUT2D eigenvalue weighted by Crippen LogP contribution is -2.28. The van der Waals surface area contributed by atoms with Crippen LogP contribution in [0.1, 0.15) is 18.4 Å². The molecular weight excluding hydrogens is 160 g/mol. The Kier molecular flexibility index (Phi) is 2.05. The van der Waals surface area contributed by atoms with Crippen molar-refractivity contribution in [2.75, 3.05) is 7.05 Å². The Labute approximate surface area is 78.7 Å². The number of benzene rings is 1. The van der Waals surface area contributed by atoms with Gasteiger partial charge in [0.2, 0.25) is 0 Å². The highest BCUT2D eigenvalue weighted by atomic mass is 15.2. The van der Waals surface area contributed by atoms with Crippen molar-refractivity contribution < 1.29 is 0 Å². The molecule has 2 heteroatoms. The molecule has 0 amide bonds. The average molecular weight is 174 g/mol. The van der Waals surface area contributed by atoms with E-state index < -0.39 is 0 Å². The van der Waals surface area contributed by atoms with Crippen LogP contribution in [0.4, 0.5) is 0 Å². The fourth-order valence-corrected chi connectivity index (χ4v) is 1.44. The molecule has 1 aliphatic carbocycles. The number of rotatable bonds is 2. The Hall–Kier alpha value is -1.31. The first-order valence-corrected chi connectivity index (χ1v) is 4.66. The molecule has 0 unspecified atom stereocenters. The summed E-state index contributed by atoms with van der Waals surface area (Å²) in [5, 5.41) is 7.93. The molecule has 2 nitrogen and oxygen atoms in total. The molecule has 0 spiro atoms. The van der Waals surface area contributed by atoms with E-state index in [1.54, 1.807) is 0 Å². The van der Waals surface area contributed by atoms with Gasteiger partial charge in [0.25, 0.3) is 0 Å². The molecule has 0 radical (unpaired) electrons. The molecule has 68 valence electrons. The highest BCUT2D eigenvalue weighted by molar-refractivity contribution is 5.96. The largest absolute Gasteiger partial charge is 0.357 e. The zero-order valence-corrected chi connectivity index (χ0v) is 7.83. The Morgan fingerprint density at radius 3 is 2.46 bits per heavy atom. The van der Waals surface area contributed by atoms with Crippen molar-refractivity contribution in [1.29, 1.82) is 5.41 Å². The highest BCUT2D eigenvalue weighted by Gasteiger charge is 2.28. The standard InChI is InChI=1S/C11H14N2/c1-13(10-7-8-10)11(12)9-5-3-2-4-6-9/h2-6,10,12H,7-8H2,1H3. The molecule has 0 aliphatic heterocycles. The van der Waals surface area contributed by atoms with E-state index in [0.717, 1.165) is 5.56 Å². The van der Waals surface area contributed by atoms with E-state index in [1.807, 2.05) is 37.4 Å². The Bertz CT molecular complexity index is 301. The van der Waals surface area contributed by atoms with Crippen LogP contribution in [0.5, 0.6) is 0 Å². The second-order valence-electron chi connectivity index (χ2n) is 3.56. The summed E-state index contributed by atoms with van der Waals surface area (Å²) in [6, 6.07) is 10.5. The van der Waals surface area contributed by atoms with Crippen LogP contribution < -0.4 is 0 Å². The lowest BCUT2D eigenvalue weighted by molar-refractivity contribution is 0.493. The molecule has 0 atom stereocenters. The average Bonchev–Trinajstić information content (AvgIpc) is 3.00. The summed E-state index contributed by atoms with van der Waals surface area (Å²) < 4.78 is 0. The maximum atomic E-state index is 7.93. The molecule has 1 fully saturated rings. The van der Waals surface area contributed by atoms with Gasteiger partial charge in [0.15, 0.2) is 0 Å². The van der Waals surface area contributed by atoms with Crippen LogP contribution in [0, 0.1) is 5.41 Å². The van der Waals surface area contributed by atoms with E-state index in [9.17, 15) is 0 Å². The molecule has 0 bridgehead atoms. The zero-order valence-electron chi connectivity index (χ0n) is 7.83. The van der Waals surface area contributed by atoms with Gasteiger partial charge in [0.1, 0.15) is 5.84 Å². The minimum Gasteiger partial charge on any atom is -0.357 e. The van der Waals surface area contributed by atoms with Gasteiger partial charge in [0, 0.05) is 18.7 Å². The molecular formula is C11H14N2. The Morgan fingerprint density at radius 2 is 1.92 bits per heavy atom. The van der Waals surface area contributed by atoms with Gasteiger partial charge in [-0.2, -0.15) is 0 Å². The summed E-state index contributed by atoms with van der Waals surface area (Å²) in [5.41, 5.74) is 1.01. The molecule has 0 heterocycles. The summed E-state index contributed by atoms with van der Waals surface area (Å²) >= 11 is 0. The molecule has 1 aromatic rings. The van der Waals surface area contributed by atoms with Gasteiger partial charge < -0.3 is 4.90 Å². The number of hydrogen-bond donors (Lipinski definition) is 1. The summed E-state index contributed by atoms with van der Waals surface area (Å²) in [5.74, 6) is 0.642. The quantitative estimate of drug-likeness (QED) is 0.539. The normalized spacial score (nSPS) is 15.5. The van der Waals surface area contributed by atoms with Crippen LogP contribution in [0.3, 0.4) is 0 Å². The van der Waals surface area contributed by atoms with Crippen molar-refractivity contribution >= 4 is 5.84 Å². The van der Waals surface area contributed by atoms with Crippen molar-refractivity contribution in [1.82, 2.24) is 4.90 Å². The van der Waals surface area contributed by atoms with Gasteiger partial charge in [-0.3, -0.25) is 5.41 Å². The third kappa shape index (κ3) is 1.72. The summed E-state index contributed by atoms with van der Waals surface area (Å²) in [6.45, 7) is 0.